The quantitative estimate of drug-likeness (QED) is 0.445. The van der Waals surface area contributed by atoms with E-state index in [4.69, 9.17) is 16.3 Å². The fraction of sp³-hybridized carbons (Fsp3) is 0.500. The summed E-state index contributed by atoms with van der Waals surface area (Å²) in [4.78, 5) is 32.6. The van der Waals surface area contributed by atoms with Crippen molar-refractivity contribution in [1.82, 2.24) is 24.2 Å². The van der Waals surface area contributed by atoms with E-state index in [1.54, 1.807) is 20.8 Å². The molecule has 3 aromatic heterocycles. The number of imidazole rings is 1. The smallest absolute Gasteiger partial charge is 0.420 e. The van der Waals surface area contributed by atoms with Crippen LogP contribution in [0.4, 0.5) is 18.0 Å². The molecule has 204 valence electrons. The number of pyridine rings is 1. The van der Waals surface area contributed by atoms with E-state index in [1.165, 1.54) is 24.5 Å². The molecule has 0 aromatic carbocycles. The topological polar surface area (TPSA) is 80.9 Å². The molecule has 1 aliphatic carbocycles. The Labute approximate surface area is 222 Å². The SMILES string of the molecule is CC(C)(C)OC(=O)n1cccc1-c1cc(C(F)(F)F)c2nc(C(=O)C3CNCCN3C3CCC3)c(Cl)n2c1. The average Bonchev–Trinajstić information content (AvgIpc) is 3.41. The van der Waals surface area contributed by atoms with E-state index >= 15 is 0 Å². The normalized spacial score (nSPS) is 19.5. The third-order valence-electron chi connectivity index (χ3n) is 6.97. The second-order valence-corrected chi connectivity index (χ2v) is 11.1. The highest BCUT2D eigenvalue weighted by atomic mass is 35.5. The molecule has 1 aliphatic heterocycles. The van der Waals surface area contributed by atoms with Crippen LogP contribution < -0.4 is 5.32 Å². The van der Waals surface area contributed by atoms with E-state index in [2.05, 4.69) is 15.2 Å². The van der Waals surface area contributed by atoms with Gasteiger partial charge >= 0.3 is 12.3 Å². The molecule has 4 heterocycles. The van der Waals surface area contributed by atoms with Crippen LogP contribution in [0.25, 0.3) is 16.9 Å². The van der Waals surface area contributed by atoms with E-state index in [9.17, 15) is 22.8 Å². The van der Waals surface area contributed by atoms with Crippen LogP contribution in [0.2, 0.25) is 5.15 Å². The zero-order chi connectivity index (χ0) is 27.4. The van der Waals surface area contributed by atoms with Crippen molar-refractivity contribution in [2.24, 2.45) is 0 Å². The number of fused-ring (bicyclic) bond motifs is 1. The van der Waals surface area contributed by atoms with Crippen LogP contribution in [0.3, 0.4) is 0 Å². The van der Waals surface area contributed by atoms with Crippen molar-refractivity contribution in [1.29, 1.82) is 0 Å². The molecular weight excluding hydrogens is 523 g/mol. The summed E-state index contributed by atoms with van der Waals surface area (Å²) >= 11 is 6.57. The lowest BCUT2D eigenvalue weighted by molar-refractivity contribution is -0.136. The van der Waals surface area contributed by atoms with Gasteiger partial charge in [-0.05, 0) is 51.8 Å². The zero-order valence-electron chi connectivity index (χ0n) is 21.3. The monoisotopic (exact) mass is 551 g/mol. The van der Waals surface area contributed by atoms with Crippen molar-refractivity contribution in [3.63, 3.8) is 0 Å². The number of hydrogen-bond donors (Lipinski definition) is 1. The van der Waals surface area contributed by atoms with Crippen LogP contribution >= 0.6 is 11.6 Å². The minimum Gasteiger partial charge on any atom is -0.443 e. The number of ether oxygens (including phenoxy) is 1. The average molecular weight is 552 g/mol. The highest BCUT2D eigenvalue weighted by Gasteiger charge is 2.40. The van der Waals surface area contributed by atoms with Gasteiger partial charge in [-0.2, -0.15) is 13.2 Å². The van der Waals surface area contributed by atoms with E-state index in [0.29, 0.717) is 13.1 Å². The molecule has 12 heteroatoms. The number of Topliss-reactive ketones (excluding diaryl/α,β-unsaturated/α-hetero) is 1. The molecule has 5 rings (SSSR count). The lowest BCUT2D eigenvalue weighted by atomic mass is 9.88. The molecule has 0 amide bonds. The van der Waals surface area contributed by atoms with Crippen LogP contribution in [0, 0.1) is 0 Å². The van der Waals surface area contributed by atoms with E-state index in [0.717, 1.165) is 40.8 Å². The number of aromatic nitrogens is 3. The fourth-order valence-electron chi connectivity index (χ4n) is 4.99. The Morgan fingerprint density at radius 1 is 1.21 bits per heavy atom. The highest BCUT2D eigenvalue weighted by Crippen LogP contribution is 2.38. The summed E-state index contributed by atoms with van der Waals surface area (Å²) in [5.74, 6) is -0.412. The molecule has 0 spiro atoms. The number of halogens is 4. The third kappa shape index (κ3) is 4.94. The summed E-state index contributed by atoms with van der Waals surface area (Å²) in [5.41, 5.74) is -2.29. The van der Waals surface area contributed by atoms with Crippen molar-refractivity contribution in [2.75, 3.05) is 19.6 Å². The van der Waals surface area contributed by atoms with Gasteiger partial charge in [-0.15, -0.1) is 0 Å². The second-order valence-electron chi connectivity index (χ2n) is 10.7. The van der Waals surface area contributed by atoms with Crippen molar-refractivity contribution < 1.29 is 27.5 Å². The lowest BCUT2D eigenvalue weighted by Gasteiger charge is -2.44. The summed E-state index contributed by atoms with van der Waals surface area (Å²) in [6, 6.07) is 3.67. The first kappa shape index (κ1) is 26.7. The molecule has 1 unspecified atom stereocenters. The summed E-state index contributed by atoms with van der Waals surface area (Å²) in [5, 5.41) is 3.00. The molecule has 0 bridgehead atoms. The first-order chi connectivity index (χ1) is 17.8. The number of piperazine rings is 1. The fourth-order valence-corrected chi connectivity index (χ4v) is 5.25. The van der Waals surface area contributed by atoms with Gasteiger partial charge in [0.1, 0.15) is 16.4 Å². The Balaban J connectivity index is 1.59. The Hall–Kier alpha value is -2.89. The number of hydrogen-bond acceptors (Lipinski definition) is 6. The summed E-state index contributed by atoms with van der Waals surface area (Å²) in [6.07, 6.45) is 0.308. The predicted molar refractivity (Wildman–Crippen MR) is 136 cm³/mol. The zero-order valence-corrected chi connectivity index (χ0v) is 22.1. The van der Waals surface area contributed by atoms with Gasteiger partial charge in [0.2, 0.25) is 5.78 Å². The van der Waals surface area contributed by atoms with Gasteiger partial charge < -0.3 is 10.1 Å². The number of ketones is 1. The molecule has 3 aromatic rings. The minimum absolute atomic E-state index is 0.0643. The van der Waals surface area contributed by atoms with E-state index in [-0.39, 0.29) is 28.1 Å². The molecular formula is C26H29ClF3N5O3. The van der Waals surface area contributed by atoms with Crippen molar-refractivity contribution in [3.05, 3.63) is 47.0 Å². The number of nitrogens with zero attached hydrogens (tertiary/aromatic N) is 4. The number of nitrogens with one attached hydrogen (secondary N) is 1. The predicted octanol–water partition coefficient (Wildman–Crippen LogP) is 5.27. The van der Waals surface area contributed by atoms with Gasteiger partial charge in [-0.1, -0.05) is 18.0 Å². The maximum absolute atomic E-state index is 14.2. The van der Waals surface area contributed by atoms with E-state index < -0.39 is 40.9 Å². The van der Waals surface area contributed by atoms with Crippen LogP contribution in [-0.2, 0) is 10.9 Å². The molecule has 1 saturated heterocycles. The van der Waals surface area contributed by atoms with Crippen LogP contribution in [-0.4, -0.2) is 68.0 Å². The second kappa shape index (κ2) is 9.69. The van der Waals surface area contributed by atoms with Crippen LogP contribution in [0.15, 0.2) is 30.6 Å². The standard InChI is InChI=1S/C26H29ClF3N5O3/c1-25(2,3)38-24(37)34-10-5-8-18(34)15-12-17(26(28,29)30)23-32-20(22(27)35(23)14-15)21(36)19-13-31-9-11-33(19)16-6-4-7-16/h5,8,10,12,14,16,19,31H,4,6-7,9,11,13H2,1-3H3. The van der Waals surface area contributed by atoms with Gasteiger partial charge in [0, 0.05) is 43.6 Å². The Morgan fingerprint density at radius 2 is 1.95 bits per heavy atom. The molecule has 8 nitrogen and oxygen atoms in total. The molecule has 1 saturated carbocycles. The summed E-state index contributed by atoms with van der Waals surface area (Å²) < 4.78 is 50.3. The van der Waals surface area contributed by atoms with Gasteiger partial charge in [0.15, 0.2) is 5.65 Å². The van der Waals surface area contributed by atoms with Gasteiger partial charge in [0.05, 0.1) is 17.3 Å². The van der Waals surface area contributed by atoms with Crippen molar-refractivity contribution >= 4 is 29.1 Å². The van der Waals surface area contributed by atoms with Crippen LogP contribution in [0.5, 0.6) is 0 Å². The summed E-state index contributed by atoms with van der Waals surface area (Å²) in [6.45, 7) is 6.86. The number of rotatable bonds is 4. The molecule has 2 fully saturated rings. The number of carbonyl (C=O) groups is 2. The minimum atomic E-state index is -4.79. The maximum atomic E-state index is 14.2. The molecule has 1 atom stereocenters. The highest BCUT2D eigenvalue weighted by molar-refractivity contribution is 6.33. The van der Waals surface area contributed by atoms with Gasteiger partial charge in [-0.25, -0.2) is 9.78 Å². The Bertz CT molecular complexity index is 1390. The first-order valence-electron chi connectivity index (χ1n) is 12.6. The number of alkyl halides is 3. The first-order valence-corrected chi connectivity index (χ1v) is 12.9. The lowest BCUT2D eigenvalue weighted by Crippen LogP contribution is -2.59. The molecule has 38 heavy (non-hydrogen) atoms. The molecule has 2 aliphatic rings. The van der Waals surface area contributed by atoms with Crippen molar-refractivity contribution in [3.8, 4) is 11.3 Å². The molecule has 1 N–H and O–H groups in total. The van der Waals surface area contributed by atoms with Crippen molar-refractivity contribution in [2.45, 2.75) is 63.9 Å². The summed E-state index contributed by atoms with van der Waals surface area (Å²) in [7, 11) is 0. The van der Waals surface area contributed by atoms with Crippen LogP contribution in [0.1, 0.15) is 56.1 Å². The van der Waals surface area contributed by atoms with Gasteiger partial charge in [-0.3, -0.25) is 18.7 Å². The molecule has 0 radical (unpaired) electrons. The third-order valence-corrected chi connectivity index (χ3v) is 7.33. The number of carbonyl (C=O) groups excluding carboxylic acids is 2. The maximum Gasteiger partial charge on any atom is 0.420 e. The largest absolute Gasteiger partial charge is 0.443 e. The van der Waals surface area contributed by atoms with E-state index in [1.807, 2.05) is 0 Å². The van der Waals surface area contributed by atoms with Gasteiger partial charge in [0.25, 0.3) is 0 Å². The Morgan fingerprint density at radius 3 is 2.58 bits per heavy atom. The Kier molecular flexibility index (Phi) is 6.81.